The number of carbonyl (C=O) groups is 1. The number of urea groups is 1. The normalized spacial score (nSPS) is 28.7. The van der Waals surface area contributed by atoms with E-state index in [2.05, 4.69) is 16.0 Å². The molecule has 0 aromatic heterocycles. The summed E-state index contributed by atoms with van der Waals surface area (Å²) in [6.07, 6.45) is 8.74. The van der Waals surface area contributed by atoms with Crippen molar-refractivity contribution in [2.75, 3.05) is 13.6 Å². The summed E-state index contributed by atoms with van der Waals surface area (Å²) in [6.45, 7) is 1.04. The monoisotopic (exact) mass is 225 g/mol. The molecular formula is C12H23N3O. The van der Waals surface area contributed by atoms with E-state index in [1.807, 2.05) is 0 Å². The molecule has 4 heteroatoms. The molecule has 1 saturated carbocycles. The summed E-state index contributed by atoms with van der Waals surface area (Å²) in [5, 5.41) is 9.37. The highest BCUT2D eigenvalue weighted by Gasteiger charge is 2.37. The van der Waals surface area contributed by atoms with E-state index in [0.717, 1.165) is 19.4 Å². The fourth-order valence-electron chi connectivity index (χ4n) is 3.15. The van der Waals surface area contributed by atoms with Gasteiger partial charge in [-0.15, -0.1) is 0 Å². The molecule has 2 fully saturated rings. The van der Waals surface area contributed by atoms with Crippen molar-refractivity contribution in [3.8, 4) is 0 Å². The first-order valence-corrected chi connectivity index (χ1v) is 6.47. The van der Waals surface area contributed by atoms with Crippen LogP contribution in [0, 0.1) is 0 Å². The van der Waals surface area contributed by atoms with Crippen LogP contribution in [0.5, 0.6) is 0 Å². The number of rotatable bonds is 1. The molecule has 1 atom stereocenters. The lowest BCUT2D eigenvalue weighted by Gasteiger charge is -2.44. The van der Waals surface area contributed by atoms with Gasteiger partial charge >= 0.3 is 6.03 Å². The average molecular weight is 225 g/mol. The topological polar surface area (TPSA) is 53.2 Å². The molecular weight excluding hydrogens is 202 g/mol. The Bertz CT molecular complexity index is 243. The number of hydrogen-bond donors (Lipinski definition) is 3. The summed E-state index contributed by atoms with van der Waals surface area (Å²) < 4.78 is 0. The summed E-state index contributed by atoms with van der Waals surface area (Å²) in [4.78, 5) is 11.3. The van der Waals surface area contributed by atoms with Gasteiger partial charge in [-0.05, 0) is 32.2 Å². The first kappa shape index (κ1) is 11.7. The van der Waals surface area contributed by atoms with E-state index in [1.165, 1.54) is 32.1 Å². The van der Waals surface area contributed by atoms with Crippen molar-refractivity contribution >= 4 is 6.03 Å². The molecule has 1 saturated heterocycles. The molecule has 0 aromatic rings. The van der Waals surface area contributed by atoms with Crippen LogP contribution >= 0.6 is 0 Å². The lowest BCUT2D eigenvalue weighted by Crippen LogP contribution is -2.57. The number of piperidine rings is 1. The van der Waals surface area contributed by atoms with Crippen LogP contribution in [0.4, 0.5) is 4.79 Å². The molecule has 1 spiro atoms. The van der Waals surface area contributed by atoms with E-state index < -0.39 is 0 Å². The molecule has 1 unspecified atom stereocenters. The van der Waals surface area contributed by atoms with Gasteiger partial charge in [0.25, 0.3) is 0 Å². The number of carbonyl (C=O) groups excluding carboxylic acids is 1. The van der Waals surface area contributed by atoms with E-state index in [-0.39, 0.29) is 6.03 Å². The van der Waals surface area contributed by atoms with Crippen molar-refractivity contribution in [3.05, 3.63) is 0 Å². The predicted octanol–water partition coefficient (Wildman–Crippen LogP) is 1.37. The lowest BCUT2D eigenvalue weighted by molar-refractivity contribution is 0.157. The van der Waals surface area contributed by atoms with Crippen molar-refractivity contribution in [2.45, 2.75) is 56.5 Å². The Morgan fingerprint density at radius 3 is 2.75 bits per heavy atom. The van der Waals surface area contributed by atoms with Crippen LogP contribution in [0.1, 0.15) is 44.9 Å². The Kier molecular flexibility index (Phi) is 3.69. The predicted molar refractivity (Wildman–Crippen MR) is 64.4 cm³/mol. The maximum Gasteiger partial charge on any atom is 0.314 e. The zero-order valence-electron chi connectivity index (χ0n) is 10.1. The van der Waals surface area contributed by atoms with Crippen molar-refractivity contribution in [3.63, 3.8) is 0 Å². The minimum absolute atomic E-state index is 0.0436. The largest absolute Gasteiger partial charge is 0.341 e. The minimum Gasteiger partial charge on any atom is -0.341 e. The van der Waals surface area contributed by atoms with Crippen molar-refractivity contribution in [1.82, 2.24) is 16.0 Å². The third-order valence-corrected chi connectivity index (χ3v) is 4.00. The summed E-state index contributed by atoms with van der Waals surface area (Å²) in [5.74, 6) is 0. The molecule has 3 N–H and O–H groups in total. The molecule has 2 aliphatic rings. The molecule has 0 bridgehead atoms. The standard InChI is InChI=1S/C12H23N3O/c1-13-11(16)15-10-5-8-14-12(9-10)6-3-2-4-7-12/h10,14H,2-9H2,1H3,(H2,13,15,16). The molecule has 4 nitrogen and oxygen atoms in total. The first-order chi connectivity index (χ1) is 7.74. The second kappa shape index (κ2) is 5.04. The molecule has 16 heavy (non-hydrogen) atoms. The van der Waals surface area contributed by atoms with Gasteiger partial charge in [-0.25, -0.2) is 4.79 Å². The van der Waals surface area contributed by atoms with Gasteiger partial charge < -0.3 is 16.0 Å². The fraction of sp³-hybridized carbons (Fsp3) is 0.917. The highest BCUT2D eigenvalue weighted by atomic mass is 16.2. The average Bonchev–Trinajstić information content (AvgIpc) is 2.30. The number of nitrogens with one attached hydrogen (secondary N) is 3. The quantitative estimate of drug-likeness (QED) is 0.631. The van der Waals surface area contributed by atoms with Gasteiger partial charge in [0.1, 0.15) is 0 Å². The highest BCUT2D eigenvalue weighted by Crippen LogP contribution is 2.34. The highest BCUT2D eigenvalue weighted by molar-refractivity contribution is 5.73. The Hall–Kier alpha value is -0.770. The van der Waals surface area contributed by atoms with Crippen LogP contribution < -0.4 is 16.0 Å². The zero-order valence-corrected chi connectivity index (χ0v) is 10.1. The lowest BCUT2D eigenvalue weighted by atomic mass is 9.75. The van der Waals surface area contributed by atoms with Gasteiger partial charge in [-0.2, -0.15) is 0 Å². The van der Waals surface area contributed by atoms with Crippen LogP contribution in [0.25, 0.3) is 0 Å². The van der Waals surface area contributed by atoms with Crippen LogP contribution in [0.2, 0.25) is 0 Å². The van der Waals surface area contributed by atoms with Crippen molar-refractivity contribution in [1.29, 1.82) is 0 Å². The van der Waals surface area contributed by atoms with Crippen LogP contribution in [0.15, 0.2) is 0 Å². The molecule has 0 radical (unpaired) electrons. The molecule has 0 aromatic carbocycles. The van der Waals surface area contributed by atoms with Crippen LogP contribution in [-0.4, -0.2) is 31.2 Å². The van der Waals surface area contributed by atoms with Gasteiger partial charge in [0.2, 0.25) is 0 Å². The Balaban J connectivity index is 1.90. The molecule has 92 valence electrons. The Morgan fingerprint density at radius 2 is 2.06 bits per heavy atom. The van der Waals surface area contributed by atoms with E-state index in [0.29, 0.717) is 11.6 Å². The fourth-order valence-corrected chi connectivity index (χ4v) is 3.15. The zero-order chi connectivity index (χ0) is 11.4. The third kappa shape index (κ3) is 2.67. The van der Waals surface area contributed by atoms with Gasteiger partial charge in [0, 0.05) is 18.6 Å². The third-order valence-electron chi connectivity index (χ3n) is 4.00. The molecule has 2 rings (SSSR count). The maximum atomic E-state index is 11.3. The first-order valence-electron chi connectivity index (χ1n) is 6.47. The summed E-state index contributed by atoms with van der Waals surface area (Å²) in [5.41, 5.74) is 0.322. The molecule has 2 amide bonds. The van der Waals surface area contributed by atoms with E-state index in [9.17, 15) is 4.79 Å². The van der Waals surface area contributed by atoms with E-state index >= 15 is 0 Å². The van der Waals surface area contributed by atoms with Crippen molar-refractivity contribution < 1.29 is 4.79 Å². The van der Waals surface area contributed by atoms with Gasteiger partial charge in [0.15, 0.2) is 0 Å². The van der Waals surface area contributed by atoms with E-state index in [1.54, 1.807) is 7.05 Å². The SMILES string of the molecule is CNC(=O)NC1CCNC2(CCCCC2)C1. The number of hydrogen-bond acceptors (Lipinski definition) is 2. The molecule has 1 heterocycles. The van der Waals surface area contributed by atoms with Gasteiger partial charge in [0.05, 0.1) is 0 Å². The Morgan fingerprint density at radius 1 is 1.31 bits per heavy atom. The maximum absolute atomic E-state index is 11.3. The second-order valence-electron chi connectivity index (χ2n) is 5.18. The minimum atomic E-state index is -0.0436. The van der Waals surface area contributed by atoms with E-state index in [4.69, 9.17) is 0 Å². The van der Waals surface area contributed by atoms with Gasteiger partial charge in [-0.1, -0.05) is 19.3 Å². The van der Waals surface area contributed by atoms with Crippen LogP contribution in [0.3, 0.4) is 0 Å². The van der Waals surface area contributed by atoms with Gasteiger partial charge in [-0.3, -0.25) is 0 Å². The Labute approximate surface area is 97.6 Å². The summed E-state index contributed by atoms with van der Waals surface area (Å²) >= 11 is 0. The summed E-state index contributed by atoms with van der Waals surface area (Å²) in [7, 11) is 1.67. The smallest absolute Gasteiger partial charge is 0.314 e. The van der Waals surface area contributed by atoms with Crippen molar-refractivity contribution in [2.24, 2.45) is 0 Å². The van der Waals surface area contributed by atoms with Crippen LogP contribution in [-0.2, 0) is 0 Å². The second-order valence-corrected chi connectivity index (χ2v) is 5.18. The molecule has 1 aliphatic carbocycles. The molecule has 1 aliphatic heterocycles. The number of amides is 2. The summed E-state index contributed by atoms with van der Waals surface area (Å²) in [6, 6.07) is 0.303.